The topological polar surface area (TPSA) is 60.9 Å². The molecule has 6 nitrogen and oxygen atoms in total. The van der Waals surface area contributed by atoms with E-state index in [4.69, 9.17) is 0 Å². The van der Waals surface area contributed by atoms with E-state index in [1.54, 1.807) is 9.21 Å². The van der Waals surface area contributed by atoms with Crippen LogP contribution in [-0.2, 0) is 21.4 Å². The average molecular weight is 416 g/mol. The highest BCUT2D eigenvalue weighted by molar-refractivity contribution is 7.86. The van der Waals surface area contributed by atoms with Crippen LogP contribution in [0.15, 0.2) is 18.2 Å². The Kier molecular flexibility index (Phi) is 7.00. The molecule has 0 aromatic heterocycles. The van der Waals surface area contributed by atoms with Crippen molar-refractivity contribution in [3.05, 3.63) is 35.4 Å². The second-order valence-electron chi connectivity index (χ2n) is 7.35. The Labute approximate surface area is 165 Å². The summed E-state index contributed by atoms with van der Waals surface area (Å²) in [5.74, 6) is -1.93. The van der Waals surface area contributed by atoms with E-state index in [-0.39, 0.29) is 25.4 Å². The van der Waals surface area contributed by atoms with Crippen molar-refractivity contribution in [1.29, 1.82) is 0 Å². The molecule has 0 radical (unpaired) electrons. The first-order valence-electron chi connectivity index (χ1n) is 9.85. The number of benzene rings is 1. The number of carbonyl (C=O) groups excluding carboxylic acids is 1. The molecule has 2 heterocycles. The van der Waals surface area contributed by atoms with E-state index in [9.17, 15) is 22.0 Å². The highest BCUT2D eigenvalue weighted by Gasteiger charge is 2.33. The minimum absolute atomic E-state index is 0.100. The van der Waals surface area contributed by atoms with Crippen molar-refractivity contribution in [2.75, 3.05) is 39.3 Å². The van der Waals surface area contributed by atoms with Crippen molar-refractivity contribution < 1.29 is 22.0 Å². The van der Waals surface area contributed by atoms with Crippen LogP contribution in [0.5, 0.6) is 0 Å². The molecule has 0 aliphatic carbocycles. The highest BCUT2D eigenvalue weighted by Crippen LogP contribution is 2.18. The van der Waals surface area contributed by atoms with Crippen LogP contribution < -0.4 is 0 Å². The maximum absolute atomic E-state index is 13.3. The van der Waals surface area contributed by atoms with Gasteiger partial charge in [0, 0.05) is 45.7 Å². The lowest BCUT2D eigenvalue weighted by Crippen LogP contribution is -2.54. The molecule has 2 fully saturated rings. The molecule has 0 spiro atoms. The maximum atomic E-state index is 13.3. The van der Waals surface area contributed by atoms with Crippen molar-refractivity contribution in [2.45, 2.75) is 38.5 Å². The largest absolute Gasteiger partial charge is 0.340 e. The van der Waals surface area contributed by atoms with E-state index < -0.39 is 21.8 Å². The summed E-state index contributed by atoms with van der Waals surface area (Å²) in [4.78, 5) is 14.1. The van der Waals surface area contributed by atoms with Gasteiger partial charge >= 0.3 is 0 Å². The van der Waals surface area contributed by atoms with Gasteiger partial charge in [0.05, 0.1) is 0 Å². The number of carbonyl (C=O) groups is 1. The van der Waals surface area contributed by atoms with Crippen molar-refractivity contribution in [1.82, 2.24) is 13.5 Å². The minimum Gasteiger partial charge on any atom is -0.340 e. The van der Waals surface area contributed by atoms with Gasteiger partial charge in [-0.2, -0.15) is 17.0 Å². The standard InChI is InChI=1S/C19H27F2N3O3S/c20-17-7-5-16(15-18(17)21)6-8-19(25)22-11-13-24(14-12-22)28(26,27)23-9-3-1-2-4-10-23/h5,7,15H,1-4,6,8-14H2. The molecule has 2 aliphatic rings. The molecule has 0 unspecified atom stereocenters. The first-order valence-corrected chi connectivity index (χ1v) is 11.2. The smallest absolute Gasteiger partial charge is 0.282 e. The van der Waals surface area contributed by atoms with Crippen molar-refractivity contribution in [3.63, 3.8) is 0 Å². The van der Waals surface area contributed by atoms with E-state index in [0.29, 0.717) is 38.2 Å². The summed E-state index contributed by atoms with van der Waals surface area (Å²) in [6.45, 7) is 2.41. The quantitative estimate of drug-likeness (QED) is 0.741. The van der Waals surface area contributed by atoms with Gasteiger partial charge in [-0.1, -0.05) is 18.9 Å². The Morgan fingerprint density at radius 1 is 0.857 bits per heavy atom. The van der Waals surface area contributed by atoms with Crippen LogP contribution in [0.25, 0.3) is 0 Å². The number of piperazine rings is 1. The van der Waals surface area contributed by atoms with E-state index >= 15 is 0 Å². The molecule has 1 aromatic rings. The van der Waals surface area contributed by atoms with Gasteiger partial charge in [0.15, 0.2) is 11.6 Å². The van der Waals surface area contributed by atoms with Crippen LogP contribution in [-0.4, -0.2) is 67.1 Å². The van der Waals surface area contributed by atoms with Crippen molar-refractivity contribution in [3.8, 4) is 0 Å². The van der Waals surface area contributed by atoms with Crippen LogP contribution in [0.4, 0.5) is 8.78 Å². The summed E-state index contributed by atoms with van der Waals surface area (Å²) in [5, 5.41) is 0. The normalized spacial score (nSPS) is 20.1. The zero-order chi connectivity index (χ0) is 20.1. The van der Waals surface area contributed by atoms with Crippen LogP contribution in [0.2, 0.25) is 0 Å². The third kappa shape index (κ3) is 5.07. The van der Waals surface area contributed by atoms with Gasteiger partial charge < -0.3 is 4.90 Å². The van der Waals surface area contributed by atoms with Gasteiger partial charge in [-0.05, 0) is 37.0 Å². The SMILES string of the molecule is O=C(CCc1ccc(F)c(F)c1)N1CCN(S(=O)(=O)N2CCCCCC2)CC1. The molecule has 1 amide bonds. The van der Waals surface area contributed by atoms with Gasteiger partial charge in [-0.25, -0.2) is 8.78 Å². The Morgan fingerprint density at radius 3 is 2.07 bits per heavy atom. The van der Waals surface area contributed by atoms with E-state index in [1.165, 1.54) is 10.4 Å². The molecule has 9 heteroatoms. The number of aryl methyl sites for hydroxylation is 1. The molecule has 156 valence electrons. The molecule has 0 N–H and O–H groups in total. The number of hydrogen-bond donors (Lipinski definition) is 0. The predicted molar refractivity (Wildman–Crippen MR) is 102 cm³/mol. The second-order valence-corrected chi connectivity index (χ2v) is 9.28. The fraction of sp³-hybridized carbons (Fsp3) is 0.632. The molecule has 0 atom stereocenters. The molecule has 2 saturated heterocycles. The minimum atomic E-state index is -3.47. The second kappa shape index (κ2) is 9.28. The summed E-state index contributed by atoms with van der Waals surface area (Å²) in [6, 6.07) is 3.63. The summed E-state index contributed by atoms with van der Waals surface area (Å²) in [7, 11) is -3.47. The molecule has 28 heavy (non-hydrogen) atoms. The zero-order valence-electron chi connectivity index (χ0n) is 15.9. The van der Waals surface area contributed by atoms with E-state index in [2.05, 4.69) is 0 Å². The lowest BCUT2D eigenvalue weighted by atomic mass is 10.1. The Hall–Kier alpha value is -1.58. The van der Waals surface area contributed by atoms with Gasteiger partial charge in [-0.3, -0.25) is 4.79 Å². The Balaban J connectivity index is 1.50. The first-order chi connectivity index (χ1) is 13.4. The lowest BCUT2D eigenvalue weighted by molar-refractivity contribution is -0.132. The number of hydrogen-bond acceptors (Lipinski definition) is 3. The fourth-order valence-electron chi connectivity index (χ4n) is 3.71. The highest BCUT2D eigenvalue weighted by atomic mass is 32.2. The van der Waals surface area contributed by atoms with Gasteiger partial charge in [0.1, 0.15) is 0 Å². The summed E-state index contributed by atoms with van der Waals surface area (Å²) in [6.07, 6.45) is 4.41. The Morgan fingerprint density at radius 2 is 1.46 bits per heavy atom. The molecule has 2 aliphatic heterocycles. The fourth-order valence-corrected chi connectivity index (χ4v) is 5.38. The van der Waals surface area contributed by atoms with Crippen LogP contribution in [0.3, 0.4) is 0 Å². The van der Waals surface area contributed by atoms with E-state index in [1.807, 2.05) is 0 Å². The summed E-state index contributed by atoms with van der Waals surface area (Å²) < 4.78 is 54.9. The van der Waals surface area contributed by atoms with E-state index in [0.717, 1.165) is 37.8 Å². The van der Waals surface area contributed by atoms with Gasteiger partial charge in [0.2, 0.25) is 5.91 Å². The van der Waals surface area contributed by atoms with Gasteiger partial charge in [-0.15, -0.1) is 0 Å². The summed E-state index contributed by atoms with van der Waals surface area (Å²) in [5.41, 5.74) is 0.564. The predicted octanol–water partition coefficient (Wildman–Crippen LogP) is 2.16. The third-order valence-electron chi connectivity index (χ3n) is 5.42. The third-order valence-corrected chi connectivity index (χ3v) is 7.46. The van der Waals surface area contributed by atoms with Crippen LogP contribution in [0.1, 0.15) is 37.7 Å². The number of nitrogens with zero attached hydrogens (tertiary/aromatic N) is 3. The number of halogens is 2. The molecule has 0 saturated carbocycles. The van der Waals surface area contributed by atoms with Crippen molar-refractivity contribution >= 4 is 16.1 Å². The first kappa shape index (κ1) is 21.1. The number of rotatable bonds is 5. The average Bonchev–Trinajstić information content (AvgIpc) is 2.99. The monoisotopic (exact) mass is 415 g/mol. The lowest BCUT2D eigenvalue weighted by Gasteiger charge is -2.36. The maximum Gasteiger partial charge on any atom is 0.282 e. The molecule has 1 aromatic carbocycles. The van der Waals surface area contributed by atoms with Gasteiger partial charge in [0.25, 0.3) is 10.2 Å². The Bertz CT molecular complexity index is 788. The molecular weight excluding hydrogens is 388 g/mol. The van der Waals surface area contributed by atoms with Crippen LogP contribution in [0, 0.1) is 11.6 Å². The number of amides is 1. The molecule has 3 rings (SSSR count). The zero-order valence-corrected chi connectivity index (χ0v) is 16.8. The molecular formula is C19H27F2N3O3S. The van der Waals surface area contributed by atoms with Crippen LogP contribution >= 0.6 is 0 Å². The summed E-state index contributed by atoms with van der Waals surface area (Å²) >= 11 is 0. The van der Waals surface area contributed by atoms with Crippen molar-refractivity contribution in [2.24, 2.45) is 0 Å². The molecule has 0 bridgehead atoms.